The molecule has 0 amide bonds. The number of alkyl halides is 3. The van der Waals surface area contributed by atoms with E-state index in [1.54, 1.807) is 29.6 Å². The fourth-order valence-corrected chi connectivity index (χ4v) is 10.0. The van der Waals surface area contributed by atoms with Crippen LogP contribution in [0, 0.1) is 11.3 Å². The largest absolute Gasteiger partial charge is 0.424 e. The van der Waals surface area contributed by atoms with Crippen molar-refractivity contribution in [3.63, 3.8) is 0 Å². The Balaban J connectivity index is 1.83. The average molecular weight is 388 g/mol. The molecule has 3 heterocycles. The van der Waals surface area contributed by atoms with Gasteiger partial charge in [0, 0.05) is 11.5 Å². The van der Waals surface area contributed by atoms with Crippen LogP contribution in [0.3, 0.4) is 0 Å². The molecule has 0 radical (unpaired) electrons. The predicted molar refractivity (Wildman–Crippen MR) is 88.0 cm³/mol. The lowest BCUT2D eigenvalue weighted by atomic mass is 10.5. The first-order valence-corrected chi connectivity index (χ1v) is 10.4. The van der Waals surface area contributed by atoms with Gasteiger partial charge in [-0.1, -0.05) is 47.0 Å². The number of rotatable bonds is 0. The van der Waals surface area contributed by atoms with Crippen LogP contribution < -0.4 is 0 Å². The summed E-state index contributed by atoms with van der Waals surface area (Å²) in [6.07, 6.45) is -4.45. The van der Waals surface area contributed by atoms with Crippen molar-refractivity contribution in [3.05, 3.63) is 26.8 Å². The number of hydrogen-bond acceptors (Lipinski definition) is 7. The fourth-order valence-electron chi connectivity index (χ4n) is 1.44. The van der Waals surface area contributed by atoms with Gasteiger partial charge in [0.25, 0.3) is 0 Å². The molecule has 0 aromatic rings. The van der Waals surface area contributed by atoms with Crippen molar-refractivity contribution < 1.29 is 13.2 Å². The number of nitrogens with zero attached hydrogens (tertiary/aromatic N) is 1. The first kappa shape index (κ1) is 15.5. The molecule has 20 heavy (non-hydrogen) atoms. The van der Waals surface area contributed by atoms with Gasteiger partial charge in [-0.3, -0.25) is 0 Å². The van der Waals surface area contributed by atoms with Crippen LogP contribution in [-0.2, 0) is 0 Å². The molecule has 106 valence electrons. The Labute approximate surface area is 139 Å². The molecule has 0 saturated heterocycles. The molecular weight excluding hydrogens is 384 g/mol. The minimum Gasteiger partial charge on any atom is -0.192 e. The number of thioether (sulfide) groups is 6. The third-order valence-electron chi connectivity index (χ3n) is 2.21. The van der Waals surface area contributed by atoms with Gasteiger partial charge in [0.2, 0.25) is 0 Å². The lowest BCUT2D eigenvalue weighted by molar-refractivity contribution is -0.0836. The maximum atomic E-state index is 12.9. The maximum Gasteiger partial charge on any atom is 0.424 e. The van der Waals surface area contributed by atoms with E-state index in [4.69, 9.17) is 5.26 Å². The second-order valence-corrected chi connectivity index (χ2v) is 10.8. The predicted octanol–water partition coefficient (Wildman–Crippen LogP) is 5.98. The zero-order chi connectivity index (χ0) is 14.3. The Morgan fingerprint density at radius 1 is 0.850 bits per heavy atom. The number of hydrogen-bond donors (Lipinski definition) is 0. The molecule has 10 heteroatoms. The Kier molecular flexibility index (Phi) is 4.65. The quantitative estimate of drug-likeness (QED) is 0.504. The number of halogens is 3. The highest BCUT2D eigenvalue weighted by Crippen LogP contribution is 2.65. The number of nitriles is 1. The van der Waals surface area contributed by atoms with Crippen LogP contribution in [0.15, 0.2) is 26.8 Å². The van der Waals surface area contributed by atoms with Gasteiger partial charge in [0.05, 0.1) is 16.9 Å². The van der Waals surface area contributed by atoms with Crippen molar-refractivity contribution in [3.8, 4) is 6.07 Å². The van der Waals surface area contributed by atoms with Crippen molar-refractivity contribution in [1.29, 1.82) is 5.26 Å². The summed E-state index contributed by atoms with van der Waals surface area (Å²) in [4.78, 5) is -1.02. The molecule has 0 bridgehead atoms. The Morgan fingerprint density at radius 3 is 1.85 bits per heavy atom. The SMILES string of the molecule is N#CC1=C(C(F)(F)F)SC(=C2SC3=C(SCCS3)S2)S1. The second kappa shape index (κ2) is 6.01. The third kappa shape index (κ3) is 3.03. The normalized spacial score (nSPS) is 23.5. The summed E-state index contributed by atoms with van der Waals surface area (Å²) in [6.45, 7) is 0. The summed E-state index contributed by atoms with van der Waals surface area (Å²) in [6, 6.07) is 1.66. The molecule has 0 saturated carbocycles. The van der Waals surface area contributed by atoms with Crippen LogP contribution >= 0.6 is 70.6 Å². The summed E-state index contributed by atoms with van der Waals surface area (Å²) in [5.74, 6) is 2.07. The summed E-state index contributed by atoms with van der Waals surface area (Å²) < 4.78 is 42.4. The van der Waals surface area contributed by atoms with Gasteiger partial charge in [-0.15, -0.1) is 23.5 Å². The van der Waals surface area contributed by atoms with Gasteiger partial charge in [-0.25, -0.2) is 0 Å². The van der Waals surface area contributed by atoms with Crippen LogP contribution in [0.5, 0.6) is 0 Å². The van der Waals surface area contributed by atoms with Crippen LogP contribution in [0.4, 0.5) is 13.2 Å². The summed E-state index contributed by atoms with van der Waals surface area (Å²) in [5.41, 5.74) is 0. The molecule has 0 spiro atoms. The summed E-state index contributed by atoms with van der Waals surface area (Å²) in [5, 5.41) is 8.87. The monoisotopic (exact) mass is 387 g/mol. The minimum atomic E-state index is -4.45. The maximum absolute atomic E-state index is 12.9. The average Bonchev–Trinajstić information content (AvgIpc) is 3.01. The van der Waals surface area contributed by atoms with Crippen molar-refractivity contribution in [2.45, 2.75) is 6.18 Å². The lowest BCUT2D eigenvalue weighted by Crippen LogP contribution is -2.08. The van der Waals surface area contributed by atoms with Crippen LogP contribution in [0.2, 0.25) is 0 Å². The molecule has 1 nitrogen and oxygen atoms in total. The van der Waals surface area contributed by atoms with Gasteiger partial charge in [0.15, 0.2) is 0 Å². The highest BCUT2D eigenvalue weighted by molar-refractivity contribution is 8.43. The molecule has 0 unspecified atom stereocenters. The molecule has 3 aliphatic heterocycles. The van der Waals surface area contributed by atoms with Gasteiger partial charge in [0.1, 0.15) is 15.9 Å². The topological polar surface area (TPSA) is 23.8 Å². The highest BCUT2D eigenvalue weighted by atomic mass is 32.3. The van der Waals surface area contributed by atoms with Crippen molar-refractivity contribution >= 4 is 70.6 Å². The minimum absolute atomic E-state index is 0.239. The molecule has 0 N–H and O–H groups in total. The van der Waals surface area contributed by atoms with Crippen LogP contribution in [0.1, 0.15) is 0 Å². The third-order valence-corrected chi connectivity index (χ3v) is 11.1. The summed E-state index contributed by atoms with van der Waals surface area (Å²) in [7, 11) is 0. The molecule has 0 aromatic carbocycles. The molecular formula is C10H4F3NS6. The fraction of sp³-hybridized carbons (Fsp3) is 0.300. The Bertz CT molecular complexity index is 577. The van der Waals surface area contributed by atoms with E-state index in [9.17, 15) is 13.2 Å². The van der Waals surface area contributed by atoms with Crippen molar-refractivity contribution in [2.75, 3.05) is 11.5 Å². The zero-order valence-corrected chi connectivity index (χ0v) is 14.3. The summed E-state index contributed by atoms with van der Waals surface area (Å²) >= 11 is 8.21. The lowest BCUT2D eigenvalue weighted by Gasteiger charge is -2.08. The molecule has 3 rings (SSSR count). The van der Waals surface area contributed by atoms with Crippen molar-refractivity contribution in [2.24, 2.45) is 0 Å². The second-order valence-electron chi connectivity index (χ2n) is 3.52. The van der Waals surface area contributed by atoms with Crippen LogP contribution in [-0.4, -0.2) is 17.7 Å². The molecule has 0 atom stereocenters. The molecule has 0 aromatic heterocycles. The van der Waals surface area contributed by atoms with E-state index in [1.807, 2.05) is 0 Å². The van der Waals surface area contributed by atoms with Gasteiger partial charge in [-0.2, -0.15) is 18.4 Å². The number of allylic oxidation sites excluding steroid dienone is 2. The molecule has 0 aliphatic carbocycles. The first-order chi connectivity index (χ1) is 9.49. The molecule has 0 fully saturated rings. The molecule has 3 aliphatic rings. The van der Waals surface area contributed by atoms with Gasteiger partial charge < -0.3 is 0 Å². The van der Waals surface area contributed by atoms with Gasteiger partial charge >= 0.3 is 6.18 Å². The Morgan fingerprint density at radius 2 is 1.40 bits per heavy atom. The van der Waals surface area contributed by atoms with E-state index in [0.29, 0.717) is 16.0 Å². The zero-order valence-electron chi connectivity index (χ0n) is 9.44. The van der Waals surface area contributed by atoms with E-state index in [1.165, 1.54) is 32.0 Å². The smallest absolute Gasteiger partial charge is 0.192 e. The standard InChI is InChI=1S/C10H4F3NS6/c11-10(12,13)5-4(3-14)17-8(18-5)9-19-6-7(20-9)16-2-1-15-6/h1-2H2. The van der Waals surface area contributed by atoms with E-state index in [0.717, 1.165) is 27.5 Å². The van der Waals surface area contributed by atoms with E-state index in [2.05, 4.69) is 0 Å². The highest BCUT2D eigenvalue weighted by Gasteiger charge is 2.43. The van der Waals surface area contributed by atoms with Gasteiger partial charge in [-0.05, 0) is 0 Å². The van der Waals surface area contributed by atoms with E-state index < -0.39 is 11.1 Å². The van der Waals surface area contributed by atoms with E-state index >= 15 is 0 Å². The van der Waals surface area contributed by atoms with E-state index in [-0.39, 0.29) is 4.91 Å². The first-order valence-electron chi connectivity index (χ1n) is 5.16. The van der Waals surface area contributed by atoms with Crippen LogP contribution in [0.25, 0.3) is 0 Å². The van der Waals surface area contributed by atoms with Crippen molar-refractivity contribution in [1.82, 2.24) is 0 Å². The Hall–Kier alpha value is 0.600.